The third-order valence-corrected chi connectivity index (χ3v) is 4.11. The zero-order valence-electron chi connectivity index (χ0n) is 13.6. The van der Waals surface area contributed by atoms with Gasteiger partial charge in [-0.25, -0.2) is 0 Å². The Kier molecular flexibility index (Phi) is 5.66. The first kappa shape index (κ1) is 17.3. The molecule has 2 N–H and O–H groups in total. The van der Waals surface area contributed by atoms with Crippen LogP contribution in [0, 0.1) is 0 Å². The third kappa shape index (κ3) is 3.67. The number of rotatable bonds is 4. The van der Waals surface area contributed by atoms with E-state index in [1.807, 2.05) is 31.4 Å². The Labute approximate surface area is 142 Å². The van der Waals surface area contributed by atoms with Crippen molar-refractivity contribution < 1.29 is 4.79 Å². The first-order chi connectivity index (χ1) is 10.7. The zero-order chi connectivity index (χ0) is 15.5. The van der Waals surface area contributed by atoms with Gasteiger partial charge in [-0.05, 0) is 37.0 Å². The van der Waals surface area contributed by atoms with Gasteiger partial charge in [-0.2, -0.15) is 5.10 Å². The van der Waals surface area contributed by atoms with Crippen molar-refractivity contribution >= 4 is 24.0 Å². The number of carbonyl (C=O) groups is 1. The molecule has 0 fully saturated rings. The van der Waals surface area contributed by atoms with E-state index < -0.39 is 0 Å². The van der Waals surface area contributed by atoms with Crippen LogP contribution in [0.5, 0.6) is 0 Å². The van der Waals surface area contributed by atoms with Crippen LogP contribution in [-0.2, 0) is 26.4 Å². The van der Waals surface area contributed by atoms with E-state index in [1.54, 1.807) is 4.68 Å². The minimum Gasteiger partial charge on any atom is -0.385 e. The van der Waals surface area contributed by atoms with Crippen molar-refractivity contribution in [1.82, 2.24) is 15.1 Å². The minimum atomic E-state index is -0.00791. The van der Waals surface area contributed by atoms with Crippen LogP contribution in [0.4, 0.5) is 5.69 Å². The number of hydrogen-bond acceptors (Lipinski definition) is 3. The lowest BCUT2D eigenvalue weighted by Crippen LogP contribution is -2.26. The normalized spacial score (nSPS) is 12.8. The summed E-state index contributed by atoms with van der Waals surface area (Å²) in [5, 5.41) is 10.8. The monoisotopic (exact) mass is 334 g/mol. The Morgan fingerprint density at radius 2 is 2.26 bits per heavy atom. The molecular formula is C17H23ClN4O. The van der Waals surface area contributed by atoms with Gasteiger partial charge in [0.1, 0.15) is 0 Å². The molecule has 6 heteroatoms. The summed E-state index contributed by atoms with van der Waals surface area (Å²) >= 11 is 0. The van der Waals surface area contributed by atoms with Crippen LogP contribution in [0.2, 0.25) is 0 Å². The van der Waals surface area contributed by atoms with E-state index in [0.29, 0.717) is 6.54 Å². The highest BCUT2D eigenvalue weighted by molar-refractivity contribution is 5.97. The lowest BCUT2D eigenvalue weighted by molar-refractivity contribution is 0.0950. The fourth-order valence-electron chi connectivity index (χ4n) is 3.02. The molecule has 3 rings (SSSR count). The van der Waals surface area contributed by atoms with Crippen molar-refractivity contribution in [3.8, 4) is 0 Å². The number of hydrogen-bond donors (Lipinski definition) is 2. The third-order valence-electron chi connectivity index (χ3n) is 4.11. The smallest absolute Gasteiger partial charge is 0.251 e. The number of nitrogens with one attached hydrogen (secondary N) is 2. The summed E-state index contributed by atoms with van der Waals surface area (Å²) in [6, 6.07) is 5.89. The second-order valence-corrected chi connectivity index (χ2v) is 5.67. The maximum absolute atomic E-state index is 12.5. The average molecular weight is 335 g/mol. The SMILES string of the molecule is CCc1nn(C)cc1CNC(=O)c1cccc2c1CCCN2.Cl. The molecule has 0 radical (unpaired) electrons. The first-order valence-electron chi connectivity index (χ1n) is 7.84. The largest absolute Gasteiger partial charge is 0.385 e. The van der Waals surface area contributed by atoms with Crippen LogP contribution < -0.4 is 10.6 Å². The van der Waals surface area contributed by atoms with Crippen molar-refractivity contribution in [1.29, 1.82) is 0 Å². The molecule has 0 aliphatic carbocycles. The lowest BCUT2D eigenvalue weighted by atomic mass is 9.97. The van der Waals surface area contributed by atoms with Gasteiger partial charge < -0.3 is 10.6 Å². The van der Waals surface area contributed by atoms with Crippen molar-refractivity contribution in [3.63, 3.8) is 0 Å². The molecule has 23 heavy (non-hydrogen) atoms. The van der Waals surface area contributed by atoms with Crippen LogP contribution >= 0.6 is 12.4 Å². The number of carbonyl (C=O) groups excluding carboxylic acids is 1. The molecule has 124 valence electrons. The molecule has 1 amide bonds. The highest BCUT2D eigenvalue weighted by Gasteiger charge is 2.17. The maximum Gasteiger partial charge on any atom is 0.251 e. The Bertz CT molecular complexity index is 696. The summed E-state index contributed by atoms with van der Waals surface area (Å²) in [6.45, 7) is 3.58. The number of benzene rings is 1. The average Bonchev–Trinajstić information content (AvgIpc) is 2.92. The second-order valence-electron chi connectivity index (χ2n) is 5.67. The fourth-order valence-corrected chi connectivity index (χ4v) is 3.02. The molecule has 0 saturated carbocycles. The van der Waals surface area contributed by atoms with Crippen LogP contribution in [0.15, 0.2) is 24.4 Å². The molecule has 1 aromatic carbocycles. The molecule has 0 saturated heterocycles. The molecule has 0 bridgehead atoms. The van der Waals surface area contributed by atoms with Crippen LogP contribution in [0.3, 0.4) is 0 Å². The van der Waals surface area contributed by atoms with E-state index in [1.165, 1.54) is 0 Å². The van der Waals surface area contributed by atoms with Gasteiger partial charge in [0.15, 0.2) is 0 Å². The summed E-state index contributed by atoms with van der Waals surface area (Å²) in [4.78, 5) is 12.5. The molecule has 0 atom stereocenters. The van der Waals surface area contributed by atoms with Crippen molar-refractivity contribution in [2.24, 2.45) is 7.05 Å². The lowest BCUT2D eigenvalue weighted by Gasteiger charge is -2.20. The molecular weight excluding hydrogens is 312 g/mol. The van der Waals surface area contributed by atoms with Crippen LogP contribution in [0.1, 0.15) is 40.5 Å². The Morgan fingerprint density at radius 3 is 3.04 bits per heavy atom. The number of fused-ring (bicyclic) bond motifs is 1. The molecule has 2 aromatic rings. The number of aryl methyl sites for hydroxylation is 2. The van der Waals surface area contributed by atoms with E-state index in [4.69, 9.17) is 0 Å². The van der Waals surface area contributed by atoms with Gasteiger partial charge in [-0.1, -0.05) is 13.0 Å². The molecule has 0 unspecified atom stereocenters. The zero-order valence-corrected chi connectivity index (χ0v) is 14.4. The highest BCUT2D eigenvalue weighted by atomic mass is 35.5. The summed E-state index contributed by atoms with van der Waals surface area (Å²) in [5.74, 6) is -0.00791. The van der Waals surface area contributed by atoms with Gasteiger partial charge in [0.05, 0.1) is 5.69 Å². The molecule has 2 heterocycles. The number of anilines is 1. The molecule has 0 spiro atoms. The Morgan fingerprint density at radius 1 is 1.43 bits per heavy atom. The van der Waals surface area contributed by atoms with E-state index in [9.17, 15) is 4.79 Å². The van der Waals surface area contributed by atoms with Gasteiger partial charge in [-0.3, -0.25) is 9.48 Å². The quantitative estimate of drug-likeness (QED) is 0.903. The summed E-state index contributed by atoms with van der Waals surface area (Å²) in [7, 11) is 1.91. The standard InChI is InChI=1S/C17H22N4O.ClH/c1-3-15-12(11-21(2)20-15)10-19-17(22)14-6-4-8-16-13(14)7-5-9-18-16;/h4,6,8,11,18H,3,5,7,9-10H2,1-2H3,(H,19,22);1H. The topological polar surface area (TPSA) is 59.0 Å². The van der Waals surface area contributed by atoms with Crippen molar-refractivity contribution in [2.45, 2.75) is 32.7 Å². The summed E-state index contributed by atoms with van der Waals surface area (Å²) < 4.78 is 1.80. The van der Waals surface area contributed by atoms with Gasteiger partial charge >= 0.3 is 0 Å². The van der Waals surface area contributed by atoms with Crippen LogP contribution in [0.25, 0.3) is 0 Å². The number of amides is 1. The highest BCUT2D eigenvalue weighted by Crippen LogP contribution is 2.25. The summed E-state index contributed by atoms with van der Waals surface area (Å²) in [6.07, 6.45) is 4.87. The predicted octanol–water partition coefficient (Wildman–Crippen LogP) is 2.69. The number of halogens is 1. The second kappa shape index (κ2) is 7.51. The Hall–Kier alpha value is -2.01. The predicted molar refractivity (Wildman–Crippen MR) is 94.3 cm³/mol. The van der Waals surface area contributed by atoms with E-state index in [2.05, 4.69) is 22.7 Å². The van der Waals surface area contributed by atoms with E-state index in [-0.39, 0.29) is 18.3 Å². The first-order valence-corrected chi connectivity index (χ1v) is 7.84. The molecule has 1 aliphatic rings. The molecule has 5 nitrogen and oxygen atoms in total. The number of nitrogens with zero attached hydrogens (tertiary/aromatic N) is 2. The fraction of sp³-hybridized carbons (Fsp3) is 0.412. The summed E-state index contributed by atoms with van der Waals surface area (Å²) in [5.41, 5.74) is 5.13. The maximum atomic E-state index is 12.5. The molecule has 1 aliphatic heterocycles. The van der Waals surface area contributed by atoms with Gasteiger partial charge in [0.25, 0.3) is 5.91 Å². The van der Waals surface area contributed by atoms with Crippen LogP contribution in [-0.4, -0.2) is 22.2 Å². The van der Waals surface area contributed by atoms with E-state index >= 15 is 0 Å². The van der Waals surface area contributed by atoms with E-state index in [0.717, 1.165) is 53.9 Å². The van der Waals surface area contributed by atoms with Gasteiger partial charge in [0, 0.05) is 43.1 Å². The van der Waals surface area contributed by atoms with Crippen molar-refractivity contribution in [3.05, 3.63) is 46.8 Å². The number of aromatic nitrogens is 2. The van der Waals surface area contributed by atoms with Gasteiger partial charge in [-0.15, -0.1) is 12.4 Å². The minimum absolute atomic E-state index is 0. The van der Waals surface area contributed by atoms with Crippen molar-refractivity contribution in [2.75, 3.05) is 11.9 Å². The molecule has 1 aromatic heterocycles. The van der Waals surface area contributed by atoms with Gasteiger partial charge in [0.2, 0.25) is 0 Å². The Balaban J connectivity index is 0.00000192.